The maximum Gasteiger partial charge on any atom is 0.0931 e. The van der Waals surface area contributed by atoms with Crippen LogP contribution in [0.2, 0.25) is 4.34 Å². The minimum Gasteiger partial charge on any atom is -0.308 e. The van der Waals surface area contributed by atoms with Crippen molar-refractivity contribution < 1.29 is 0 Å². The van der Waals surface area contributed by atoms with E-state index in [0.29, 0.717) is 6.04 Å². The van der Waals surface area contributed by atoms with Crippen LogP contribution >= 0.6 is 22.9 Å². The van der Waals surface area contributed by atoms with Gasteiger partial charge < -0.3 is 10.2 Å². The van der Waals surface area contributed by atoms with Gasteiger partial charge in [0.1, 0.15) is 0 Å². The van der Waals surface area contributed by atoms with Crippen LogP contribution in [0.1, 0.15) is 56.9 Å². The number of halogens is 1. The van der Waals surface area contributed by atoms with Gasteiger partial charge in [-0.05, 0) is 70.8 Å². The van der Waals surface area contributed by atoms with E-state index < -0.39 is 0 Å². The Morgan fingerprint density at radius 1 is 1.38 bits per heavy atom. The summed E-state index contributed by atoms with van der Waals surface area (Å²) in [5.41, 5.74) is 0.218. The van der Waals surface area contributed by atoms with E-state index >= 15 is 0 Å². The van der Waals surface area contributed by atoms with E-state index in [9.17, 15) is 0 Å². The van der Waals surface area contributed by atoms with E-state index in [1.165, 1.54) is 30.6 Å². The number of hydrogen-bond donors (Lipinski definition) is 1. The van der Waals surface area contributed by atoms with Crippen molar-refractivity contribution in [3.63, 3.8) is 0 Å². The van der Waals surface area contributed by atoms with Gasteiger partial charge in [0.25, 0.3) is 0 Å². The van der Waals surface area contributed by atoms with E-state index in [2.05, 4.69) is 44.2 Å². The molecule has 1 aliphatic carbocycles. The van der Waals surface area contributed by atoms with Gasteiger partial charge in [0, 0.05) is 10.4 Å². The Bertz CT molecular complexity index is 436. The molecule has 1 aliphatic rings. The van der Waals surface area contributed by atoms with Crippen molar-refractivity contribution in [2.24, 2.45) is 5.92 Å². The summed E-state index contributed by atoms with van der Waals surface area (Å²) >= 11 is 7.94. The molecule has 4 heteroatoms. The van der Waals surface area contributed by atoms with Gasteiger partial charge in [0.15, 0.2) is 0 Å². The van der Waals surface area contributed by atoms with Gasteiger partial charge in [-0.25, -0.2) is 0 Å². The maximum absolute atomic E-state index is 6.20. The summed E-state index contributed by atoms with van der Waals surface area (Å²) in [7, 11) is 4.48. The molecule has 1 N–H and O–H groups in total. The van der Waals surface area contributed by atoms with Crippen molar-refractivity contribution in [1.82, 2.24) is 10.2 Å². The fraction of sp³-hybridized carbons (Fsp3) is 0.765. The molecule has 1 unspecified atom stereocenters. The van der Waals surface area contributed by atoms with Crippen LogP contribution in [0.3, 0.4) is 0 Å². The highest BCUT2D eigenvalue weighted by Crippen LogP contribution is 2.45. The highest BCUT2D eigenvalue weighted by Gasteiger charge is 2.44. The highest BCUT2D eigenvalue weighted by atomic mass is 35.5. The van der Waals surface area contributed by atoms with Crippen LogP contribution in [0.4, 0.5) is 0 Å². The lowest BCUT2D eigenvalue weighted by Gasteiger charge is -2.49. The molecule has 1 fully saturated rings. The average molecular weight is 329 g/mol. The van der Waals surface area contributed by atoms with Gasteiger partial charge in [-0.15, -0.1) is 11.3 Å². The molecular formula is C17H29ClN2S. The molecule has 0 bridgehead atoms. The molecule has 1 heterocycles. The normalized spacial score (nSPS) is 28.0. The molecule has 1 aromatic rings. The topological polar surface area (TPSA) is 15.3 Å². The fourth-order valence-corrected chi connectivity index (χ4v) is 4.83. The largest absolute Gasteiger partial charge is 0.308 e. The lowest BCUT2D eigenvalue weighted by Crippen LogP contribution is -2.55. The Labute approximate surface area is 138 Å². The van der Waals surface area contributed by atoms with E-state index in [4.69, 9.17) is 11.6 Å². The molecule has 2 nitrogen and oxygen atoms in total. The molecule has 0 saturated heterocycles. The number of hydrogen-bond acceptors (Lipinski definition) is 3. The lowest BCUT2D eigenvalue weighted by molar-refractivity contribution is 0.0441. The van der Waals surface area contributed by atoms with Gasteiger partial charge in [-0.1, -0.05) is 25.4 Å². The minimum atomic E-state index is 0.218. The van der Waals surface area contributed by atoms with Gasteiger partial charge in [0.2, 0.25) is 0 Å². The average Bonchev–Trinajstić information content (AvgIpc) is 2.87. The third-order valence-corrected chi connectivity index (χ3v) is 6.34. The number of nitrogens with one attached hydrogen (secondary N) is 1. The van der Waals surface area contributed by atoms with Crippen molar-refractivity contribution in [2.75, 3.05) is 20.6 Å². The minimum absolute atomic E-state index is 0.218. The summed E-state index contributed by atoms with van der Waals surface area (Å²) in [6.07, 6.45) is 6.33. The Morgan fingerprint density at radius 2 is 2.05 bits per heavy atom. The number of rotatable bonds is 6. The summed E-state index contributed by atoms with van der Waals surface area (Å²) in [5, 5.41) is 3.82. The molecule has 21 heavy (non-hydrogen) atoms. The van der Waals surface area contributed by atoms with Crippen LogP contribution in [0, 0.1) is 5.92 Å². The summed E-state index contributed by atoms with van der Waals surface area (Å²) in [6, 6.07) is 4.64. The predicted octanol–water partition coefficient (Wildman–Crippen LogP) is 4.95. The summed E-state index contributed by atoms with van der Waals surface area (Å²) in [5.74, 6) is 0.858. The third kappa shape index (κ3) is 3.82. The van der Waals surface area contributed by atoms with Crippen molar-refractivity contribution in [3.05, 3.63) is 21.3 Å². The molecule has 0 amide bonds. The summed E-state index contributed by atoms with van der Waals surface area (Å²) in [6.45, 7) is 5.68. The first kappa shape index (κ1) is 17.3. The molecule has 0 spiro atoms. The fourth-order valence-electron chi connectivity index (χ4n) is 3.58. The molecular weight excluding hydrogens is 300 g/mol. The standard InChI is InChI=1S/C17H29ClN2S/c1-5-12-19-16(14-6-7-15(18)21-14)17(20(3)4)10-8-13(2)9-11-17/h6-7,13,16,19H,5,8-12H2,1-4H3. The summed E-state index contributed by atoms with van der Waals surface area (Å²) in [4.78, 5) is 3.84. The maximum atomic E-state index is 6.20. The molecule has 120 valence electrons. The van der Waals surface area contributed by atoms with Gasteiger partial charge in [-0.3, -0.25) is 0 Å². The molecule has 0 aliphatic heterocycles. The lowest BCUT2D eigenvalue weighted by atomic mass is 9.71. The van der Waals surface area contributed by atoms with Crippen molar-refractivity contribution in [3.8, 4) is 0 Å². The Balaban J connectivity index is 2.31. The van der Waals surface area contributed by atoms with Crippen molar-refractivity contribution >= 4 is 22.9 Å². The van der Waals surface area contributed by atoms with Crippen molar-refractivity contribution in [1.29, 1.82) is 0 Å². The summed E-state index contributed by atoms with van der Waals surface area (Å²) < 4.78 is 0.895. The first-order valence-electron chi connectivity index (χ1n) is 8.15. The van der Waals surface area contributed by atoms with Crippen LogP contribution in [-0.4, -0.2) is 31.1 Å². The number of nitrogens with zero attached hydrogens (tertiary/aromatic N) is 1. The number of likely N-dealkylation sites (N-methyl/N-ethyl adjacent to an activating group) is 1. The van der Waals surface area contributed by atoms with E-state index in [1.54, 1.807) is 11.3 Å². The van der Waals surface area contributed by atoms with Gasteiger partial charge >= 0.3 is 0 Å². The second-order valence-corrected chi connectivity index (χ2v) is 8.46. The zero-order valence-electron chi connectivity index (χ0n) is 13.8. The Kier molecular flexibility index (Phi) is 6.13. The molecule has 2 rings (SSSR count). The van der Waals surface area contributed by atoms with Crippen LogP contribution in [0.5, 0.6) is 0 Å². The zero-order valence-corrected chi connectivity index (χ0v) is 15.4. The second-order valence-electron chi connectivity index (χ2n) is 6.71. The molecule has 0 aromatic carbocycles. The van der Waals surface area contributed by atoms with Gasteiger partial charge in [0.05, 0.1) is 10.4 Å². The SMILES string of the molecule is CCCNC(c1ccc(Cl)s1)C1(N(C)C)CCC(C)CC1. The van der Waals surface area contributed by atoms with Gasteiger partial charge in [-0.2, -0.15) is 0 Å². The predicted molar refractivity (Wildman–Crippen MR) is 94.4 cm³/mol. The van der Waals surface area contributed by atoms with E-state index in [-0.39, 0.29) is 5.54 Å². The van der Waals surface area contributed by atoms with Crippen LogP contribution in [-0.2, 0) is 0 Å². The first-order chi connectivity index (χ1) is 9.99. The van der Waals surface area contributed by atoms with Crippen molar-refractivity contribution in [2.45, 2.75) is 57.5 Å². The zero-order chi connectivity index (χ0) is 15.5. The first-order valence-corrected chi connectivity index (χ1v) is 9.35. The highest BCUT2D eigenvalue weighted by molar-refractivity contribution is 7.16. The molecule has 1 aromatic heterocycles. The molecule has 1 atom stereocenters. The van der Waals surface area contributed by atoms with E-state index in [0.717, 1.165) is 23.2 Å². The molecule has 1 saturated carbocycles. The Morgan fingerprint density at radius 3 is 2.52 bits per heavy atom. The second kappa shape index (κ2) is 7.45. The quantitative estimate of drug-likeness (QED) is 0.794. The van der Waals surface area contributed by atoms with Crippen LogP contribution < -0.4 is 5.32 Å². The number of thiophene rings is 1. The van der Waals surface area contributed by atoms with Crippen LogP contribution in [0.15, 0.2) is 12.1 Å². The van der Waals surface area contributed by atoms with E-state index in [1.807, 2.05) is 6.07 Å². The third-order valence-electron chi connectivity index (χ3n) is 5.05. The smallest absolute Gasteiger partial charge is 0.0931 e. The molecule has 0 radical (unpaired) electrons. The Hall–Kier alpha value is -0.0900. The monoisotopic (exact) mass is 328 g/mol. The van der Waals surface area contributed by atoms with Crippen LogP contribution in [0.25, 0.3) is 0 Å².